The van der Waals surface area contributed by atoms with Crippen molar-refractivity contribution in [1.82, 2.24) is 15.0 Å². The Morgan fingerprint density at radius 3 is 2.63 bits per heavy atom. The van der Waals surface area contributed by atoms with E-state index in [-0.39, 0.29) is 5.92 Å². The summed E-state index contributed by atoms with van der Waals surface area (Å²) in [6.07, 6.45) is 12.9. The lowest BCUT2D eigenvalue weighted by Crippen LogP contribution is -2.30. The van der Waals surface area contributed by atoms with E-state index in [2.05, 4.69) is 22.5 Å². The Balaban J connectivity index is 1.26. The number of hydrogen-bond acceptors (Lipinski definition) is 4. The van der Waals surface area contributed by atoms with E-state index in [0.29, 0.717) is 22.8 Å². The highest BCUT2D eigenvalue weighted by atomic mass is 35.5. The van der Waals surface area contributed by atoms with Crippen molar-refractivity contribution < 1.29 is 9.59 Å². The monoisotopic (exact) mass is 382 g/mol. The van der Waals surface area contributed by atoms with E-state index in [1.54, 1.807) is 23.1 Å². The molecule has 0 fully saturated rings. The topological polar surface area (TPSA) is 68.1 Å². The van der Waals surface area contributed by atoms with E-state index in [4.69, 9.17) is 11.6 Å². The number of allylic oxidation sites excluding steroid dienone is 4. The van der Waals surface area contributed by atoms with E-state index < -0.39 is 11.7 Å². The molecular weight excluding hydrogens is 364 g/mol. The van der Waals surface area contributed by atoms with Crippen LogP contribution in [0, 0.1) is 0 Å². The zero-order valence-corrected chi connectivity index (χ0v) is 15.5. The molecule has 0 N–H and O–H groups in total. The Bertz CT molecular complexity index is 935. The van der Waals surface area contributed by atoms with Gasteiger partial charge in [-0.25, -0.2) is 0 Å². The molecule has 27 heavy (non-hydrogen) atoms. The maximum absolute atomic E-state index is 12.2. The summed E-state index contributed by atoms with van der Waals surface area (Å²) in [5, 5.41) is 8.86. The van der Waals surface area contributed by atoms with Crippen LogP contribution in [0.2, 0.25) is 5.02 Å². The summed E-state index contributed by atoms with van der Waals surface area (Å²) in [7, 11) is 0. The molecule has 2 aromatic rings. The standard InChI is InChI=1S/C20H19ClN4O2/c21-15-8-9-18-16(12-15)19(26)20(27)25(18)11-5-1-4-10-24-13-17(22-23-24)14-6-2-3-7-14/h2-3,6-9,12-14H,1,4-5,10-11H2. The summed E-state index contributed by atoms with van der Waals surface area (Å²) in [4.78, 5) is 25.8. The summed E-state index contributed by atoms with van der Waals surface area (Å²) >= 11 is 5.93. The molecular formula is C20H19ClN4O2. The van der Waals surface area contributed by atoms with Crippen LogP contribution in [-0.4, -0.2) is 33.2 Å². The molecule has 1 amide bonds. The number of nitrogens with zero attached hydrogens (tertiary/aromatic N) is 4. The van der Waals surface area contributed by atoms with Crippen LogP contribution in [0.1, 0.15) is 41.2 Å². The Kier molecular flexibility index (Phi) is 4.90. The molecule has 1 aromatic heterocycles. The molecule has 1 aromatic carbocycles. The Morgan fingerprint density at radius 1 is 1.04 bits per heavy atom. The maximum Gasteiger partial charge on any atom is 0.299 e. The second kappa shape index (κ2) is 7.48. The van der Waals surface area contributed by atoms with Gasteiger partial charge in [0.15, 0.2) is 0 Å². The van der Waals surface area contributed by atoms with Crippen molar-refractivity contribution >= 4 is 29.0 Å². The van der Waals surface area contributed by atoms with Gasteiger partial charge in [0.2, 0.25) is 0 Å². The molecule has 2 heterocycles. The number of unbranched alkanes of at least 4 members (excludes halogenated alkanes) is 2. The minimum Gasteiger partial charge on any atom is -0.305 e. The van der Waals surface area contributed by atoms with Crippen LogP contribution in [0.25, 0.3) is 0 Å². The average molecular weight is 383 g/mol. The first-order valence-corrected chi connectivity index (χ1v) is 9.42. The summed E-state index contributed by atoms with van der Waals surface area (Å²) in [6.45, 7) is 1.31. The molecule has 4 rings (SSSR count). The maximum atomic E-state index is 12.2. The molecule has 7 heteroatoms. The summed E-state index contributed by atoms with van der Waals surface area (Å²) in [5.41, 5.74) is 2.02. The van der Waals surface area contributed by atoms with Crippen LogP contribution in [0.4, 0.5) is 5.69 Å². The van der Waals surface area contributed by atoms with Gasteiger partial charge in [-0.1, -0.05) is 41.1 Å². The summed E-state index contributed by atoms with van der Waals surface area (Å²) < 4.78 is 1.86. The SMILES string of the molecule is O=C1C(=O)N(CCCCCn2cc(C3C=CC=C3)nn2)c2ccc(Cl)cc21. The van der Waals surface area contributed by atoms with Crippen molar-refractivity contribution in [3.05, 3.63) is 65.0 Å². The largest absolute Gasteiger partial charge is 0.305 e. The van der Waals surface area contributed by atoms with Gasteiger partial charge in [0.25, 0.3) is 11.7 Å². The van der Waals surface area contributed by atoms with Gasteiger partial charge < -0.3 is 4.90 Å². The smallest absolute Gasteiger partial charge is 0.299 e. The second-order valence-electron chi connectivity index (χ2n) is 6.71. The molecule has 0 radical (unpaired) electrons. The molecule has 0 atom stereocenters. The van der Waals surface area contributed by atoms with Gasteiger partial charge >= 0.3 is 0 Å². The zero-order chi connectivity index (χ0) is 18.8. The van der Waals surface area contributed by atoms with Crippen molar-refractivity contribution in [2.24, 2.45) is 0 Å². The van der Waals surface area contributed by atoms with E-state index in [9.17, 15) is 9.59 Å². The molecule has 0 saturated carbocycles. The minimum absolute atomic E-state index is 0.228. The van der Waals surface area contributed by atoms with E-state index in [1.165, 1.54) is 0 Å². The number of ketones is 1. The van der Waals surface area contributed by atoms with Gasteiger partial charge in [0.05, 0.1) is 16.9 Å². The number of fused-ring (bicyclic) bond motifs is 1. The van der Waals surface area contributed by atoms with Crippen LogP contribution in [0.15, 0.2) is 48.7 Å². The van der Waals surface area contributed by atoms with Crippen molar-refractivity contribution in [3.63, 3.8) is 0 Å². The van der Waals surface area contributed by atoms with Crippen molar-refractivity contribution in [2.45, 2.75) is 31.7 Å². The number of aryl methyl sites for hydroxylation is 1. The fourth-order valence-electron chi connectivity index (χ4n) is 3.42. The number of halogens is 1. The van der Waals surface area contributed by atoms with Crippen molar-refractivity contribution in [2.75, 3.05) is 11.4 Å². The Labute approximate surface area is 162 Å². The summed E-state index contributed by atoms with van der Waals surface area (Å²) in [5.74, 6) is -0.713. The quantitative estimate of drug-likeness (QED) is 0.542. The lowest BCUT2D eigenvalue weighted by molar-refractivity contribution is -0.114. The molecule has 2 aliphatic rings. The van der Waals surface area contributed by atoms with E-state index >= 15 is 0 Å². The second-order valence-corrected chi connectivity index (χ2v) is 7.15. The number of benzene rings is 1. The third kappa shape index (κ3) is 3.57. The van der Waals surface area contributed by atoms with Gasteiger partial charge in [-0.2, -0.15) is 0 Å². The highest BCUT2D eigenvalue weighted by Gasteiger charge is 2.35. The fraction of sp³-hybridized carbons (Fsp3) is 0.300. The van der Waals surface area contributed by atoms with Crippen LogP contribution in [-0.2, 0) is 11.3 Å². The van der Waals surface area contributed by atoms with Gasteiger partial charge in [0.1, 0.15) is 0 Å². The Morgan fingerprint density at radius 2 is 1.81 bits per heavy atom. The Hall–Kier alpha value is -2.73. The van der Waals surface area contributed by atoms with Crippen LogP contribution in [0.3, 0.4) is 0 Å². The molecule has 0 saturated heterocycles. The average Bonchev–Trinajstić information content (AvgIpc) is 3.39. The molecule has 1 aliphatic carbocycles. The van der Waals surface area contributed by atoms with Crippen molar-refractivity contribution in [1.29, 1.82) is 0 Å². The normalized spacial score (nSPS) is 16.0. The van der Waals surface area contributed by atoms with Gasteiger partial charge in [-0.15, -0.1) is 5.10 Å². The molecule has 138 valence electrons. The third-order valence-corrected chi connectivity index (χ3v) is 5.08. The predicted octanol–water partition coefficient (Wildman–Crippen LogP) is 3.54. The minimum atomic E-state index is -0.474. The highest BCUT2D eigenvalue weighted by molar-refractivity contribution is 6.52. The highest BCUT2D eigenvalue weighted by Crippen LogP contribution is 2.31. The first-order valence-electron chi connectivity index (χ1n) is 9.04. The number of hydrogen-bond donors (Lipinski definition) is 0. The van der Waals surface area contributed by atoms with Crippen LogP contribution < -0.4 is 4.90 Å². The van der Waals surface area contributed by atoms with Gasteiger partial charge in [0, 0.05) is 30.2 Å². The number of carbonyl (C=O) groups is 2. The number of rotatable bonds is 7. The predicted molar refractivity (Wildman–Crippen MR) is 103 cm³/mol. The number of amides is 1. The number of anilines is 1. The van der Waals surface area contributed by atoms with E-state index in [1.807, 2.05) is 23.0 Å². The first kappa shape index (κ1) is 17.7. The first-order chi connectivity index (χ1) is 13.1. The summed E-state index contributed by atoms with van der Waals surface area (Å²) in [6, 6.07) is 5.01. The molecule has 1 aliphatic heterocycles. The molecule has 0 spiro atoms. The van der Waals surface area contributed by atoms with Crippen molar-refractivity contribution in [3.8, 4) is 0 Å². The van der Waals surface area contributed by atoms with Crippen LogP contribution in [0.5, 0.6) is 0 Å². The van der Waals surface area contributed by atoms with Crippen LogP contribution >= 0.6 is 11.6 Å². The lowest BCUT2D eigenvalue weighted by Gasteiger charge is -2.16. The number of carbonyl (C=O) groups excluding carboxylic acids is 2. The third-order valence-electron chi connectivity index (χ3n) is 4.85. The molecule has 6 nitrogen and oxygen atoms in total. The molecule has 0 unspecified atom stereocenters. The van der Waals surface area contributed by atoms with Gasteiger partial charge in [-0.05, 0) is 37.5 Å². The van der Waals surface area contributed by atoms with E-state index in [0.717, 1.165) is 31.5 Å². The molecule has 0 bridgehead atoms. The zero-order valence-electron chi connectivity index (χ0n) is 14.7. The fourth-order valence-corrected chi connectivity index (χ4v) is 3.59. The lowest BCUT2D eigenvalue weighted by atomic mass is 10.1. The van der Waals surface area contributed by atoms with Gasteiger partial charge in [-0.3, -0.25) is 14.3 Å². The number of Topliss-reactive ketones (excluding diaryl/α,β-unsaturated/α-hetero) is 1. The number of aromatic nitrogens is 3.